The predicted octanol–water partition coefficient (Wildman–Crippen LogP) is 1.22. The van der Waals surface area contributed by atoms with Crippen molar-refractivity contribution in [3.8, 4) is 0 Å². The van der Waals surface area contributed by atoms with Crippen molar-refractivity contribution in [2.24, 2.45) is 0 Å². The average molecular weight is 275 g/mol. The lowest BCUT2D eigenvalue weighted by Gasteiger charge is -2.10. The number of amides is 4. The van der Waals surface area contributed by atoms with Gasteiger partial charge in [-0.25, -0.2) is 14.7 Å². The number of carbonyl (C=O) groups is 3. The van der Waals surface area contributed by atoms with Crippen molar-refractivity contribution in [2.75, 3.05) is 7.05 Å². The van der Waals surface area contributed by atoms with Gasteiger partial charge >= 0.3 is 17.8 Å². The molecule has 1 fully saturated rings. The summed E-state index contributed by atoms with van der Waals surface area (Å²) in [6.45, 7) is 0.0348. The SMILES string of the molecule is CN1C(=O)C(=O)N(Cc2nc3ccccc3s2)C1=O. The summed E-state index contributed by atoms with van der Waals surface area (Å²) in [5.41, 5.74) is 0.821. The fraction of sp³-hybridized carbons (Fsp3) is 0.167. The molecule has 7 heteroatoms. The van der Waals surface area contributed by atoms with Gasteiger partial charge in [0.1, 0.15) is 5.01 Å². The molecule has 0 N–H and O–H groups in total. The van der Waals surface area contributed by atoms with Gasteiger partial charge in [0.05, 0.1) is 16.8 Å². The Bertz CT molecular complexity index is 676. The van der Waals surface area contributed by atoms with Crippen LogP contribution in [0.25, 0.3) is 10.2 Å². The fourth-order valence-corrected chi connectivity index (χ4v) is 2.83. The number of carbonyl (C=O) groups excluding carboxylic acids is 3. The molecule has 1 aliphatic rings. The Morgan fingerprint density at radius 1 is 1.16 bits per heavy atom. The molecule has 1 saturated heterocycles. The molecule has 0 bridgehead atoms. The van der Waals surface area contributed by atoms with Crippen molar-refractivity contribution in [1.29, 1.82) is 0 Å². The summed E-state index contributed by atoms with van der Waals surface area (Å²) in [7, 11) is 1.29. The molecular weight excluding hydrogens is 266 g/mol. The van der Waals surface area contributed by atoms with Crippen LogP contribution in [0.4, 0.5) is 4.79 Å². The minimum atomic E-state index is -0.800. The normalized spacial score (nSPS) is 15.9. The number of imide groups is 2. The third-order valence-corrected chi connectivity index (χ3v) is 3.90. The van der Waals surface area contributed by atoms with Crippen LogP contribution in [0.2, 0.25) is 0 Å². The molecule has 2 aromatic rings. The maximum atomic E-state index is 11.7. The number of para-hydroxylation sites is 1. The molecule has 0 saturated carbocycles. The largest absolute Gasteiger partial charge is 0.334 e. The second-order valence-corrected chi connectivity index (χ2v) is 5.23. The molecule has 1 aliphatic heterocycles. The summed E-state index contributed by atoms with van der Waals surface area (Å²) in [6, 6.07) is 6.94. The molecule has 2 heterocycles. The van der Waals surface area contributed by atoms with Gasteiger partial charge in [0.2, 0.25) is 0 Å². The van der Waals surface area contributed by atoms with Crippen LogP contribution in [-0.4, -0.2) is 39.7 Å². The molecule has 0 atom stereocenters. The smallest absolute Gasteiger partial charge is 0.263 e. The zero-order valence-corrected chi connectivity index (χ0v) is 10.8. The summed E-state index contributed by atoms with van der Waals surface area (Å²) in [5, 5.41) is 0.631. The lowest BCUT2D eigenvalue weighted by molar-refractivity contribution is -0.143. The zero-order valence-electron chi connectivity index (χ0n) is 9.99. The van der Waals surface area contributed by atoms with Gasteiger partial charge in [-0.1, -0.05) is 12.1 Å². The van der Waals surface area contributed by atoms with Crippen LogP contribution in [0.15, 0.2) is 24.3 Å². The lowest BCUT2D eigenvalue weighted by Crippen LogP contribution is -2.30. The first-order chi connectivity index (χ1) is 9.08. The number of aromatic nitrogens is 1. The quantitative estimate of drug-likeness (QED) is 0.610. The lowest BCUT2D eigenvalue weighted by atomic mass is 10.3. The molecule has 3 rings (SSSR count). The topological polar surface area (TPSA) is 70.6 Å². The highest BCUT2D eigenvalue weighted by molar-refractivity contribution is 7.18. The minimum Gasteiger partial charge on any atom is -0.263 e. The number of fused-ring (bicyclic) bond motifs is 1. The van der Waals surface area contributed by atoms with Crippen molar-refractivity contribution >= 4 is 39.4 Å². The summed E-state index contributed by atoms with van der Waals surface area (Å²) >= 11 is 1.40. The molecule has 1 aromatic heterocycles. The van der Waals surface area contributed by atoms with Gasteiger partial charge in [-0.05, 0) is 12.1 Å². The first-order valence-corrected chi connectivity index (χ1v) is 6.37. The van der Waals surface area contributed by atoms with E-state index in [1.165, 1.54) is 18.4 Å². The Balaban J connectivity index is 1.91. The van der Waals surface area contributed by atoms with Gasteiger partial charge in [-0.3, -0.25) is 14.5 Å². The van der Waals surface area contributed by atoms with E-state index in [1.807, 2.05) is 24.3 Å². The second kappa shape index (κ2) is 4.13. The van der Waals surface area contributed by atoms with Crippen LogP contribution in [0.3, 0.4) is 0 Å². The molecule has 6 nitrogen and oxygen atoms in total. The summed E-state index contributed by atoms with van der Waals surface area (Å²) in [4.78, 5) is 40.8. The number of benzene rings is 1. The van der Waals surface area contributed by atoms with Crippen LogP contribution in [0.1, 0.15) is 5.01 Å². The van der Waals surface area contributed by atoms with Crippen molar-refractivity contribution < 1.29 is 14.4 Å². The standard InChI is InChI=1S/C12H9N3O3S/c1-14-10(16)11(17)15(12(14)18)6-9-13-7-4-2-3-5-8(7)19-9/h2-5H,6H2,1H3. The number of likely N-dealkylation sites (N-methyl/N-ethyl adjacent to an activating group) is 1. The van der Waals surface area contributed by atoms with Crippen molar-refractivity contribution in [3.63, 3.8) is 0 Å². The zero-order chi connectivity index (χ0) is 13.6. The van der Waals surface area contributed by atoms with E-state index in [9.17, 15) is 14.4 Å². The molecule has 96 valence electrons. The Hall–Kier alpha value is -2.28. The van der Waals surface area contributed by atoms with E-state index >= 15 is 0 Å². The van der Waals surface area contributed by atoms with Crippen molar-refractivity contribution in [3.05, 3.63) is 29.3 Å². The Labute approximate surface area is 112 Å². The Morgan fingerprint density at radius 2 is 1.89 bits per heavy atom. The van der Waals surface area contributed by atoms with Crippen LogP contribution < -0.4 is 0 Å². The average Bonchev–Trinajstić information content (AvgIpc) is 2.90. The highest BCUT2D eigenvalue weighted by Gasteiger charge is 2.42. The summed E-state index contributed by atoms with van der Waals surface area (Å²) < 4.78 is 0.983. The van der Waals surface area contributed by atoms with Gasteiger partial charge in [0.15, 0.2) is 0 Å². The molecule has 0 aliphatic carbocycles. The maximum Gasteiger partial charge on any atom is 0.334 e. The first-order valence-electron chi connectivity index (χ1n) is 5.56. The third kappa shape index (κ3) is 1.78. The molecular formula is C12H9N3O3S. The Kier molecular flexibility index (Phi) is 2.56. The fourth-order valence-electron chi connectivity index (χ4n) is 1.88. The predicted molar refractivity (Wildman–Crippen MR) is 68.3 cm³/mol. The number of thiazole rings is 1. The van der Waals surface area contributed by atoms with Gasteiger partial charge in [0, 0.05) is 7.05 Å². The highest BCUT2D eigenvalue weighted by atomic mass is 32.1. The molecule has 1 aromatic carbocycles. The number of urea groups is 1. The number of nitrogens with zero attached hydrogens (tertiary/aromatic N) is 3. The Morgan fingerprint density at radius 3 is 2.53 bits per heavy atom. The van der Waals surface area contributed by atoms with Gasteiger partial charge in [-0.15, -0.1) is 11.3 Å². The van der Waals surface area contributed by atoms with E-state index in [0.717, 1.165) is 20.0 Å². The van der Waals surface area contributed by atoms with E-state index in [4.69, 9.17) is 0 Å². The molecule has 4 amide bonds. The van der Waals surface area contributed by atoms with Crippen LogP contribution >= 0.6 is 11.3 Å². The maximum absolute atomic E-state index is 11.7. The number of hydrogen-bond donors (Lipinski definition) is 0. The molecule has 0 spiro atoms. The second-order valence-electron chi connectivity index (χ2n) is 4.11. The van der Waals surface area contributed by atoms with E-state index in [1.54, 1.807) is 0 Å². The van der Waals surface area contributed by atoms with Crippen LogP contribution in [0.5, 0.6) is 0 Å². The van der Waals surface area contributed by atoms with Gasteiger partial charge < -0.3 is 0 Å². The van der Waals surface area contributed by atoms with Crippen LogP contribution in [-0.2, 0) is 16.1 Å². The van der Waals surface area contributed by atoms with E-state index in [0.29, 0.717) is 5.01 Å². The molecule has 0 radical (unpaired) electrons. The summed E-state index contributed by atoms with van der Waals surface area (Å²) in [5.74, 6) is -1.60. The summed E-state index contributed by atoms with van der Waals surface area (Å²) in [6.07, 6.45) is 0. The highest BCUT2D eigenvalue weighted by Crippen LogP contribution is 2.24. The third-order valence-electron chi connectivity index (χ3n) is 2.88. The van der Waals surface area contributed by atoms with E-state index in [2.05, 4.69) is 4.98 Å². The van der Waals surface area contributed by atoms with Crippen LogP contribution in [0, 0.1) is 0 Å². The number of hydrogen-bond acceptors (Lipinski definition) is 5. The van der Waals surface area contributed by atoms with E-state index in [-0.39, 0.29) is 6.54 Å². The van der Waals surface area contributed by atoms with E-state index < -0.39 is 17.8 Å². The van der Waals surface area contributed by atoms with Gasteiger partial charge in [0.25, 0.3) is 0 Å². The molecule has 19 heavy (non-hydrogen) atoms. The number of rotatable bonds is 2. The minimum absolute atomic E-state index is 0.0348. The monoisotopic (exact) mass is 275 g/mol. The van der Waals surface area contributed by atoms with Crippen molar-refractivity contribution in [2.45, 2.75) is 6.54 Å². The molecule has 0 unspecified atom stereocenters. The van der Waals surface area contributed by atoms with Gasteiger partial charge in [-0.2, -0.15) is 0 Å². The van der Waals surface area contributed by atoms with Crippen molar-refractivity contribution in [1.82, 2.24) is 14.8 Å². The first kappa shape index (κ1) is 11.8.